The number of carbonyl (C=O) groups excluding carboxylic acids is 1. The van der Waals surface area contributed by atoms with Gasteiger partial charge in [-0.1, -0.05) is 31.4 Å². The van der Waals surface area contributed by atoms with Crippen LogP contribution >= 0.6 is 0 Å². The monoisotopic (exact) mass is 388 g/mol. The van der Waals surface area contributed by atoms with Gasteiger partial charge >= 0.3 is 0 Å². The van der Waals surface area contributed by atoms with Crippen LogP contribution in [0.4, 0.5) is 0 Å². The number of hydrogen-bond donors (Lipinski definition) is 0. The highest BCUT2D eigenvalue weighted by atomic mass is 16.5. The second kappa shape index (κ2) is 9.13. The van der Waals surface area contributed by atoms with E-state index in [4.69, 9.17) is 10.00 Å². The van der Waals surface area contributed by atoms with Crippen LogP contribution < -0.4 is 4.74 Å². The Bertz CT molecular complexity index is 892. The predicted octanol–water partition coefficient (Wildman–Crippen LogP) is 5.11. The van der Waals surface area contributed by atoms with Gasteiger partial charge in [0.15, 0.2) is 0 Å². The standard InChI is InChI=1S/C25H28N2O2/c26-16-19-8-10-21(11-9-19)18-29-23-12-13-24-22(15-23)7-4-14-27(25(24)28)17-20-5-2-1-3-6-20/h8-13,15,20H,1-7,14,17-18H2. The summed E-state index contributed by atoms with van der Waals surface area (Å²) in [5, 5.41) is 8.89. The van der Waals surface area contributed by atoms with Crippen LogP contribution in [0.25, 0.3) is 0 Å². The fourth-order valence-corrected chi connectivity index (χ4v) is 4.51. The van der Waals surface area contributed by atoms with Crippen LogP contribution in [0.5, 0.6) is 5.75 Å². The summed E-state index contributed by atoms with van der Waals surface area (Å²) in [4.78, 5) is 15.2. The Balaban J connectivity index is 1.42. The van der Waals surface area contributed by atoms with Crippen molar-refractivity contribution in [2.24, 2.45) is 5.92 Å². The first-order valence-corrected chi connectivity index (χ1v) is 10.8. The van der Waals surface area contributed by atoms with Gasteiger partial charge in [0.1, 0.15) is 12.4 Å². The van der Waals surface area contributed by atoms with E-state index < -0.39 is 0 Å². The maximum atomic E-state index is 13.1. The van der Waals surface area contributed by atoms with E-state index in [1.165, 1.54) is 32.1 Å². The van der Waals surface area contributed by atoms with Gasteiger partial charge < -0.3 is 9.64 Å². The van der Waals surface area contributed by atoms with Crippen molar-refractivity contribution in [2.75, 3.05) is 13.1 Å². The van der Waals surface area contributed by atoms with Crippen molar-refractivity contribution >= 4 is 5.91 Å². The molecule has 1 saturated carbocycles. The Morgan fingerprint density at radius 2 is 1.83 bits per heavy atom. The van der Waals surface area contributed by atoms with E-state index in [1.54, 1.807) is 12.1 Å². The summed E-state index contributed by atoms with van der Waals surface area (Å²) >= 11 is 0. The molecule has 29 heavy (non-hydrogen) atoms. The molecular weight excluding hydrogens is 360 g/mol. The summed E-state index contributed by atoms with van der Waals surface area (Å²) in [6.07, 6.45) is 8.41. The fraction of sp³-hybridized carbons (Fsp3) is 0.440. The third-order valence-electron chi connectivity index (χ3n) is 6.16. The number of ether oxygens (including phenoxy) is 1. The van der Waals surface area contributed by atoms with Crippen molar-refractivity contribution < 1.29 is 9.53 Å². The molecule has 0 radical (unpaired) electrons. The topological polar surface area (TPSA) is 53.3 Å². The molecule has 0 N–H and O–H groups in total. The molecule has 150 valence electrons. The van der Waals surface area contributed by atoms with Gasteiger partial charge in [-0.25, -0.2) is 0 Å². The first-order chi connectivity index (χ1) is 14.2. The Labute approximate surface area is 173 Å². The van der Waals surface area contributed by atoms with Crippen LogP contribution in [-0.2, 0) is 13.0 Å². The van der Waals surface area contributed by atoms with Gasteiger partial charge in [-0.3, -0.25) is 4.79 Å². The summed E-state index contributed by atoms with van der Waals surface area (Å²) < 4.78 is 5.95. The van der Waals surface area contributed by atoms with E-state index in [0.717, 1.165) is 48.4 Å². The lowest BCUT2D eigenvalue weighted by Gasteiger charge is -2.29. The van der Waals surface area contributed by atoms with Crippen LogP contribution in [0.2, 0.25) is 0 Å². The number of fused-ring (bicyclic) bond motifs is 1. The summed E-state index contributed by atoms with van der Waals surface area (Å²) in [6, 6.07) is 15.4. The van der Waals surface area contributed by atoms with Crippen LogP contribution in [0.1, 0.15) is 65.6 Å². The normalized spacial score (nSPS) is 17.3. The second-order valence-corrected chi connectivity index (χ2v) is 8.28. The smallest absolute Gasteiger partial charge is 0.254 e. The van der Waals surface area contributed by atoms with Crippen LogP contribution in [0, 0.1) is 17.2 Å². The zero-order valence-electron chi connectivity index (χ0n) is 16.9. The number of hydrogen-bond acceptors (Lipinski definition) is 3. The minimum atomic E-state index is 0.182. The van der Waals surface area contributed by atoms with Crippen LogP contribution in [0.3, 0.4) is 0 Å². The van der Waals surface area contributed by atoms with Gasteiger partial charge in [0.2, 0.25) is 0 Å². The van der Waals surface area contributed by atoms with Gasteiger partial charge in [-0.15, -0.1) is 0 Å². The molecule has 0 aromatic heterocycles. The molecule has 0 atom stereocenters. The first kappa shape index (κ1) is 19.5. The van der Waals surface area contributed by atoms with E-state index in [1.807, 2.05) is 30.3 Å². The first-order valence-electron chi connectivity index (χ1n) is 10.8. The number of aryl methyl sites for hydroxylation is 1. The van der Waals surface area contributed by atoms with Gasteiger partial charge in [-0.2, -0.15) is 5.26 Å². The molecule has 2 aromatic carbocycles. The highest BCUT2D eigenvalue weighted by Gasteiger charge is 2.25. The zero-order chi connectivity index (χ0) is 20.1. The number of amides is 1. The largest absolute Gasteiger partial charge is 0.489 e. The van der Waals surface area contributed by atoms with E-state index >= 15 is 0 Å². The molecule has 1 aliphatic carbocycles. The SMILES string of the molecule is N#Cc1ccc(COc2ccc3c(c2)CCCN(CC2CCCCC2)C3=O)cc1. The molecule has 4 rings (SSSR count). The molecule has 1 amide bonds. The fourth-order valence-electron chi connectivity index (χ4n) is 4.51. The molecule has 2 aliphatic rings. The van der Waals surface area contributed by atoms with Crippen molar-refractivity contribution in [3.05, 3.63) is 64.7 Å². The Morgan fingerprint density at radius 3 is 2.59 bits per heavy atom. The number of benzene rings is 2. The van der Waals surface area contributed by atoms with Crippen molar-refractivity contribution in [1.82, 2.24) is 4.90 Å². The van der Waals surface area contributed by atoms with Gasteiger partial charge in [0, 0.05) is 18.7 Å². The molecular formula is C25H28N2O2. The molecule has 1 fully saturated rings. The minimum Gasteiger partial charge on any atom is -0.489 e. The number of nitrogens with zero attached hydrogens (tertiary/aromatic N) is 2. The molecule has 2 aromatic rings. The quantitative estimate of drug-likeness (QED) is 0.715. The molecule has 0 bridgehead atoms. The maximum absolute atomic E-state index is 13.1. The molecule has 1 aliphatic heterocycles. The average molecular weight is 389 g/mol. The minimum absolute atomic E-state index is 0.182. The molecule has 0 saturated heterocycles. The van der Waals surface area contributed by atoms with Crippen molar-refractivity contribution in [1.29, 1.82) is 5.26 Å². The van der Waals surface area contributed by atoms with Crippen molar-refractivity contribution in [3.63, 3.8) is 0 Å². The van der Waals surface area contributed by atoms with E-state index in [0.29, 0.717) is 18.1 Å². The average Bonchev–Trinajstić information content (AvgIpc) is 2.92. The van der Waals surface area contributed by atoms with E-state index in [-0.39, 0.29) is 5.91 Å². The summed E-state index contributed by atoms with van der Waals surface area (Å²) in [6.45, 7) is 2.22. The Morgan fingerprint density at radius 1 is 1.03 bits per heavy atom. The highest BCUT2D eigenvalue weighted by Crippen LogP contribution is 2.28. The lowest BCUT2D eigenvalue weighted by Crippen LogP contribution is -2.36. The third kappa shape index (κ3) is 4.79. The van der Waals surface area contributed by atoms with Crippen molar-refractivity contribution in [3.8, 4) is 11.8 Å². The summed E-state index contributed by atoms with van der Waals surface area (Å²) in [7, 11) is 0. The van der Waals surface area contributed by atoms with Gasteiger partial charge in [0.05, 0.1) is 11.6 Å². The van der Waals surface area contributed by atoms with Crippen LogP contribution in [-0.4, -0.2) is 23.9 Å². The van der Waals surface area contributed by atoms with Gasteiger partial charge in [0.25, 0.3) is 5.91 Å². The second-order valence-electron chi connectivity index (χ2n) is 8.28. The zero-order valence-corrected chi connectivity index (χ0v) is 16.9. The summed E-state index contributed by atoms with van der Waals surface area (Å²) in [5.74, 6) is 1.65. The molecule has 0 spiro atoms. The molecule has 4 heteroatoms. The molecule has 1 heterocycles. The number of rotatable bonds is 5. The van der Waals surface area contributed by atoms with E-state index in [2.05, 4.69) is 11.0 Å². The predicted molar refractivity (Wildman–Crippen MR) is 113 cm³/mol. The Kier molecular flexibility index (Phi) is 6.14. The van der Waals surface area contributed by atoms with Crippen LogP contribution in [0.15, 0.2) is 42.5 Å². The van der Waals surface area contributed by atoms with Crippen molar-refractivity contribution in [2.45, 2.75) is 51.6 Å². The molecule has 4 nitrogen and oxygen atoms in total. The van der Waals surface area contributed by atoms with E-state index in [9.17, 15) is 4.79 Å². The lowest BCUT2D eigenvalue weighted by atomic mass is 9.89. The lowest BCUT2D eigenvalue weighted by molar-refractivity contribution is 0.0719. The number of carbonyl (C=O) groups is 1. The number of nitriles is 1. The van der Waals surface area contributed by atoms with Gasteiger partial charge in [-0.05, 0) is 73.1 Å². The Hall–Kier alpha value is -2.80. The third-order valence-corrected chi connectivity index (χ3v) is 6.16. The molecule has 0 unspecified atom stereocenters. The highest BCUT2D eigenvalue weighted by molar-refractivity contribution is 5.96. The summed E-state index contributed by atoms with van der Waals surface area (Å²) in [5.41, 5.74) is 3.60. The maximum Gasteiger partial charge on any atom is 0.254 e.